The summed E-state index contributed by atoms with van der Waals surface area (Å²) in [6, 6.07) is 3.87. The number of aryl methyl sites for hydroxylation is 1. The van der Waals surface area contributed by atoms with Gasteiger partial charge in [-0.1, -0.05) is 19.8 Å². The molecule has 158 valence electrons. The first-order chi connectivity index (χ1) is 14.4. The minimum atomic E-state index is -0.957. The van der Waals surface area contributed by atoms with Crippen molar-refractivity contribution in [1.29, 1.82) is 5.26 Å². The summed E-state index contributed by atoms with van der Waals surface area (Å²) in [5.74, 6) is -0.501. The van der Waals surface area contributed by atoms with Gasteiger partial charge in [0.25, 0.3) is 0 Å². The first-order valence-corrected chi connectivity index (χ1v) is 10.5. The summed E-state index contributed by atoms with van der Waals surface area (Å²) >= 11 is 0. The second-order valence-electron chi connectivity index (χ2n) is 8.62. The summed E-state index contributed by atoms with van der Waals surface area (Å²) in [4.78, 5) is 11.3. The van der Waals surface area contributed by atoms with Crippen molar-refractivity contribution in [3.63, 3.8) is 0 Å². The minimum Gasteiger partial charge on any atom is -0.390 e. The van der Waals surface area contributed by atoms with Gasteiger partial charge in [-0.25, -0.2) is 18.7 Å². The second-order valence-corrected chi connectivity index (χ2v) is 8.62. The number of rotatable bonds is 3. The maximum atomic E-state index is 14.7. The number of nitrogens with zero attached hydrogens (tertiary/aromatic N) is 4. The van der Waals surface area contributed by atoms with Crippen molar-refractivity contribution in [2.75, 3.05) is 18.0 Å². The fourth-order valence-corrected chi connectivity index (χ4v) is 5.21. The SMILES string of the molecule is Cc1nc(N2CCC3(CCC[C@H]3C)CC2)c(CO)nc1-c1ccc(F)c(C#N)c1F. The van der Waals surface area contributed by atoms with Gasteiger partial charge in [-0.2, -0.15) is 5.26 Å². The van der Waals surface area contributed by atoms with Crippen molar-refractivity contribution in [3.05, 3.63) is 40.7 Å². The topological polar surface area (TPSA) is 73.0 Å². The number of piperidine rings is 1. The summed E-state index contributed by atoms with van der Waals surface area (Å²) in [5, 5.41) is 19.0. The monoisotopic (exact) mass is 412 g/mol. The zero-order chi connectivity index (χ0) is 21.5. The Kier molecular flexibility index (Phi) is 5.46. The molecule has 0 amide bonds. The Morgan fingerprint density at radius 1 is 1.23 bits per heavy atom. The molecule has 0 bridgehead atoms. The van der Waals surface area contributed by atoms with E-state index in [1.165, 1.54) is 25.3 Å². The quantitative estimate of drug-likeness (QED) is 0.804. The fraction of sp³-hybridized carbons (Fsp3) is 0.522. The molecule has 1 aromatic heterocycles. The Labute approximate surface area is 175 Å². The van der Waals surface area contributed by atoms with Gasteiger partial charge in [0.05, 0.1) is 18.0 Å². The van der Waals surface area contributed by atoms with Crippen LogP contribution in [-0.2, 0) is 6.61 Å². The van der Waals surface area contributed by atoms with Gasteiger partial charge in [0.15, 0.2) is 11.6 Å². The van der Waals surface area contributed by atoms with E-state index < -0.39 is 17.2 Å². The van der Waals surface area contributed by atoms with E-state index in [0.29, 0.717) is 22.6 Å². The van der Waals surface area contributed by atoms with Crippen molar-refractivity contribution in [1.82, 2.24) is 9.97 Å². The molecule has 1 aliphatic heterocycles. The van der Waals surface area contributed by atoms with Crippen LogP contribution >= 0.6 is 0 Å². The number of nitriles is 1. The van der Waals surface area contributed by atoms with Crippen LogP contribution in [0.1, 0.15) is 56.0 Å². The van der Waals surface area contributed by atoms with Gasteiger partial charge in [-0.3, -0.25) is 0 Å². The zero-order valence-corrected chi connectivity index (χ0v) is 17.4. The lowest BCUT2D eigenvalue weighted by molar-refractivity contribution is 0.161. The third-order valence-corrected chi connectivity index (χ3v) is 7.14. The lowest BCUT2D eigenvalue weighted by atomic mass is 9.71. The van der Waals surface area contributed by atoms with E-state index in [1.54, 1.807) is 13.0 Å². The standard InChI is InChI=1S/C23H26F2N4O/c1-14-4-3-7-23(14)8-10-29(11-9-23)22-19(13-30)28-21(15(2)27-22)16-5-6-18(24)17(12-26)20(16)25/h5-6,14,30H,3-4,7-11,13H2,1-2H3/t14-/m1/s1. The van der Waals surface area contributed by atoms with Crippen molar-refractivity contribution < 1.29 is 13.9 Å². The Balaban J connectivity index is 1.67. The molecule has 1 spiro atoms. The summed E-state index contributed by atoms with van der Waals surface area (Å²) < 4.78 is 28.4. The van der Waals surface area contributed by atoms with E-state index in [1.807, 2.05) is 0 Å². The number of aliphatic hydroxyl groups is 1. The van der Waals surface area contributed by atoms with Crippen LogP contribution in [0.3, 0.4) is 0 Å². The number of anilines is 1. The number of halogens is 2. The van der Waals surface area contributed by atoms with Crippen molar-refractivity contribution >= 4 is 5.82 Å². The first kappa shape index (κ1) is 20.7. The van der Waals surface area contributed by atoms with Crippen LogP contribution in [0.5, 0.6) is 0 Å². The Bertz CT molecular complexity index is 1010. The third-order valence-electron chi connectivity index (χ3n) is 7.14. The first-order valence-electron chi connectivity index (χ1n) is 10.5. The van der Waals surface area contributed by atoms with Gasteiger partial charge in [0.1, 0.15) is 23.1 Å². The van der Waals surface area contributed by atoms with E-state index in [4.69, 9.17) is 5.26 Å². The van der Waals surface area contributed by atoms with Gasteiger partial charge in [-0.05, 0) is 49.7 Å². The van der Waals surface area contributed by atoms with Crippen LogP contribution in [0.2, 0.25) is 0 Å². The molecule has 2 fully saturated rings. The molecule has 1 saturated carbocycles. The third kappa shape index (κ3) is 3.33. The normalized spacial score (nSPS) is 20.5. The lowest BCUT2D eigenvalue weighted by Crippen LogP contribution is -2.42. The molecular formula is C23H26F2N4O. The molecule has 4 rings (SSSR count). The van der Waals surface area contributed by atoms with Gasteiger partial charge < -0.3 is 10.0 Å². The maximum absolute atomic E-state index is 14.7. The van der Waals surface area contributed by atoms with E-state index in [9.17, 15) is 13.9 Å². The smallest absolute Gasteiger partial charge is 0.153 e. The van der Waals surface area contributed by atoms with E-state index in [0.717, 1.165) is 37.9 Å². The van der Waals surface area contributed by atoms with Gasteiger partial charge in [0, 0.05) is 18.7 Å². The predicted octanol–water partition coefficient (Wildman–Crippen LogP) is 4.50. The highest BCUT2D eigenvalue weighted by Crippen LogP contribution is 2.50. The molecule has 2 heterocycles. The Morgan fingerprint density at radius 3 is 2.57 bits per heavy atom. The van der Waals surface area contributed by atoms with Crippen molar-refractivity contribution in [3.8, 4) is 17.3 Å². The highest BCUT2D eigenvalue weighted by atomic mass is 19.1. The molecule has 0 unspecified atom stereocenters. The van der Waals surface area contributed by atoms with E-state index >= 15 is 0 Å². The second kappa shape index (κ2) is 7.92. The molecule has 2 aromatic rings. The Hall–Kier alpha value is -2.59. The highest BCUT2D eigenvalue weighted by molar-refractivity contribution is 5.66. The van der Waals surface area contributed by atoms with Crippen molar-refractivity contribution in [2.24, 2.45) is 11.3 Å². The number of aliphatic hydroxyl groups excluding tert-OH is 1. The number of aromatic nitrogens is 2. The van der Waals surface area contributed by atoms with Crippen LogP contribution in [0.15, 0.2) is 12.1 Å². The average molecular weight is 412 g/mol. The van der Waals surface area contributed by atoms with Crippen LogP contribution in [0.25, 0.3) is 11.3 Å². The number of hydrogen-bond acceptors (Lipinski definition) is 5. The summed E-state index contributed by atoms with van der Waals surface area (Å²) in [6.07, 6.45) is 6.07. The predicted molar refractivity (Wildman–Crippen MR) is 110 cm³/mol. The molecule has 2 aliphatic rings. The largest absolute Gasteiger partial charge is 0.390 e. The maximum Gasteiger partial charge on any atom is 0.153 e. The lowest BCUT2D eigenvalue weighted by Gasteiger charge is -2.43. The van der Waals surface area contributed by atoms with Gasteiger partial charge in [-0.15, -0.1) is 0 Å². The number of hydrogen-bond donors (Lipinski definition) is 1. The van der Waals surface area contributed by atoms with Gasteiger partial charge >= 0.3 is 0 Å². The fourth-order valence-electron chi connectivity index (χ4n) is 5.21. The Morgan fingerprint density at radius 2 is 1.97 bits per heavy atom. The van der Waals surface area contributed by atoms with Crippen LogP contribution in [-0.4, -0.2) is 28.2 Å². The van der Waals surface area contributed by atoms with Crippen LogP contribution < -0.4 is 4.90 Å². The summed E-state index contributed by atoms with van der Waals surface area (Å²) in [6.45, 7) is 5.45. The molecule has 5 nitrogen and oxygen atoms in total. The zero-order valence-electron chi connectivity index (χ0n) is 17.4. The van der Waals surface area contributed by atoms with Crippen LogP contribution in [0.4, 0.5) is 14.6 Å². The number of benzene rings is 1. The van der Waals surface area contributed by atoms with Crippen LogP contribution in [0, 0.1) is 41.2 Å². The molecule has 1 saturated heterocycles. The molecule has 0 radical (unpaired) electrons. The molecule has 1 aliphatic carbocycles. The van der Waals surface area contributed by atoms with E-state index in [2.05, 4.69) is 21.8 Å². The molecular weight excluding hydrogens is 386 g/mol. The summed E-state index contributed by atoms with van der Waals surface area (Å²) in [5.41, 5.74) is 0.851. The van der Waals surface area contributed by atoms with Gasteiger partial charge in [0.2, 0.25) is 0 Å². The minimum absolute atomic E-state index is 0.0107. The van der Waals surface area contributed by atoms with E-state index in [-0.39, 0.29) is 17.9 Å². The molecule has 7 heteroatoms. The molecule has 1 aromatic carbocycles. The highest BCUT2D eigenvalue weighted by Gasteiger charge is 2.42. The summed E-state index contributed by atoms with van der Waals surface area (Å²) in [7, 11) is 0. The van der Waals surface area contributed by atoms with Crippen molar-refractivity contribution in [2.45, 2.75) is 52.6 Å². The molecule has 1 atom stereocenters. The molecule has 30 heavy (non-hydrogen) atoms. The molecule has 1 N–H and O–H groups in total. The average Bonchev–Trinajstić information content (AvgIpc) is 3.09.